The summed E-state index contributed by atoms with van der Waals surface area (Å²) in [6.07, 6.45) is 2.84. The van der Waals surface area contributed by atoms with Crippen LogP contribution in [0.25, 0.3) is 0 Å². The van der Waals surface area contributed by atoms with Crippen molar-refractivity contribution in [3.63, 3.8) is 0 Å². The van der Waals surface area contributed by atoms with Crippen molar-refractivity contribution in [2.45, 2.75) is 6.61 Å². The lowest BCUT2D eigenvalue weighted by Crippen LogP contribution is -2.00. The Morgan fingerprint density at radius 1 is 1.14 bits per heavy atom. The Kier molecular flexibility index (Phi) is 7.14. The summed E-state index contributed by atoms with van der Waals surface area (Å²) in [4.78, 5) is 14.1. The standard InChI is InChI=1S/C19H14I2N4O3/c20-16-8-14(10-23-24-18-7-6-15(11-22-18)25(26)27)9-17(21)19(16)28-12-13-4-2-1-3-5-13/h1-11H,12H2,(H,22,24). The van der Waals surface area contributed by atoms with Gasteiger partial charge in [-0.25, -0.2) is 4.98 Å². The molecule has 1 aromatic heterocycles. The fraction of sp³-hybridized carbons (Fsp3) is 0.0526. The maximum Gasteiger partial charge on any atom is 0.287 e. The quantitative estimate of drug-likeness (QED) is 0.174. The topological polar surface area (TPSA) is 89.7 Å². The molecule has 1 heterocycles. The zero-order valence-electron chi connectivity index (χ0n) is 14.4. The van der Waals surface area contributed by atoms with E-state index >= 15 is 0 Å². The summed E-state index contributed by atoms with van der Waals surface area (Å²) in [7, 11) is 0. The number of rotatable bonds is 7. The van der Waals surface area contributed by atoms with Gasteiger partial charge in [0.15, 0.2) is 0 Å². The highest BCUT2D eigenvalue weighted by Gasteiger charge is 2.09. The Bertz CT molecular complexity index is 973. The van der Waals surface area contributed by atoms with Crippen LogP contribution in [-0.4, -0.2) is 16.1 Å². The van der Waals surface area contributed by atoms with Gasteiger partial charge < -0.3 is 4.74 Å². The van der Waals surface area contributed by atoms with Crippen molar-refractivity contribution in [2.24, 2.45) is 5.10 Å². The van der Waals surface area contributed by atoms with Crippen LogP contribution in [-0.2, 0) is 6.61 Å². The van der Waals surface area contributed by atoms with Gasteiger partial charge in [0.25, 0.3) is 5.69 Å². The molecule has 0 bridgehead atoms. The molecule has 7 nitrogen and oxygen atoms in total. The number of nitrogens with one attached hydrogen (secondary N) is 1. The summed E-state index contributed by atoms with van der Waals surface area (Å²) in [5, 5.41) is 14.8. The molecule has 0 fully saturated rings. The van der Waals surface area contributed by atoms with Gasteiger partial charge >= 0.3 is 0 Å². The summed E-state index contributed by atoms with van der Waals surface area (Å²) < 4.78 is 7.94. The van der Waals surface area contributed by atoms with Gasteiger partial charge in [-0.2, -0.15) is 5.10 Å². The molecule has 1 N–H and O–H groups in total. The van der Waals surface area contributed by atoms with E-state index in [-0.39, 0.29) is 5.69 Å². The van der Waals surface area contributed by atoms with Gasteiger partial charge in [0.05, 0.1) is 18.3 Å². The predicted octanol–water partition coefficient (Wildman–Crippen LogP) is 5.22. The molecule has 0 amide bonds. The molecule has 0 aliphatic carbocycles. The van der Waals surface area contributed by atoms with E-state index < -0.39 is 4.92 Å². The van der Waals surface area contributed by atoms with Crippen LogP contribution in [0.15, 0.2) is 65.9 Å². The van der Waals surface area contributed by atoms with E-state index in [0.29, 0.717) is 12.4 Å². The average molecular weight is 600 g/mol. The van der Waals surface area contributed by atoms with Gasteiger partial charge in [-0.15, -0.1) is 0 Å². The molecule has 2 aromatic carbocycles. The van der Waals surface area contributed by atoms with Gasteiger partial charge in [-0.05, 0) is 74.5 Å². The molecule has 0 aliphatic rings. The Labute approximate surface area is 188 Å². The average Bonchev–Trinajstić information content (AvgIpc) is 2.68. The summed E-state index contributed by atoms with van der Waals surface area (Å²) >= 11 is 4.48. The maximum absolute atomic E-state index is 10.6. The van der Waals surface area contributed by atoms with Crippen LogP contribution >= 0.6 is 45.2 Å². The molecular formula is C19H14I2N4O3. The molecule has 9 heteroatoms. The second-order valence-electron chi connectivity index (χ2n) is 5.62. The van der Waals surface area contributed by atoms with Crippen LogP contribution in [0.1, 0.15) is 11.1 Å². The lowest BCUT2D eigenvalue weighted by atomic mass is 10.2. The second kappa shape index (κ2) is 9.78. The first-order chi connectivity index (χ1) is 13.5. The van der Waals surface area contributed by atoms with Crippen molar-refractivity contribution in [3.8, 4) is 5.75 Å². The third kappa shape index (κ3) is 5.61. The monoisotopic (exact) mass is 600 g/mol. The molecule has 0 saturated carbocycles. The van der Waals surface area contributed by atoms with E-state index in [1.807, 2.05) is 42.5 Å². The number of pyridine rings is 1. The van der Waals surface area contributed by atoms with Gasteiger partial charge in [0.1, 0.15) is 24.4 Å². The Morgan fingerprint density at radius 3 is 2.46 bits per heavy atom. The zero-order valence-corrected chi connectivity index (χ0v) is 18.7. The number of nitro groups is 1. The minimum atomic E-state index is -0.495. The third-order valence-electron chi connectivity index (χ3n) is 3.60. The van der Waals surface area contributed by atoms with E-state index in [1.165, 1.54) is 18.3 Å². The third-order valence-corrected chi connectivity index (χ3v) is 5.20. The van der Waals surface area contributed by atoms with Crippen LogP contribution < -0.4 is 10.2 Å². The number of nitrogens with zero attached hydrogens (tertiary/aromatic N) is 3. The normalized spacial score (nSPS) is 10.8. The summed E-state index contributed by atoms with van der Waals surface area (Å²) in [6.45, 7) is 0.508. The van der Waals surface area contributed by atoms with Crippen LogP contribution in [0.5, 0.6) is 5.75 Å². The first kappa shape index (κ1) is 20.5. The van der Waals surface area contributed by atoms with E-state index in [1.54, 1.807) is 6.21 Å². The largest absolute Gasteiger partial charge is 0.487 e. The van der Waals surface area contributed by atoms with Crippen molar-refractivity contribution in [1.29, 1.82) is 0 Å². The minimum absolute atomic E-state index is 0.0651. The maximum atomic E-state index is 10.6. The molecule has 28 heavy (non-hydrogen) atoms. The van der Waals surface area contributed by atoms with Crippen LogP contribution in [0.3, 0.4) is 0 Å². The van der Waals surface area contributed by atoms with Crippen LogP contribution in [0, 0.1) is 17.3 Å². The molecular weight excluding hydrogens is 586 g/mol. The number of aromatic nitrogens is 1. The summed E-state index contributed by atoms with van der Waals surface area (Å²) in [6, 6.07) is 16.8. The first-order valence-corrected chi connectivity index (χ1v) is 10.2. The number of halogens is 2. The second-order valence-corrected chi connectivity index (χ2v) is 7.94. The highest BCUT2D eigenvalue weighted by Crippen LogP contribution is 2.29. The van der Waals surface area contributed by atoms with Crippen LogP contribution in [0.4, 0.5) is 11.5 Å². The number of anilines is 1. The molecule has 0 saturated heterocycles. The Hall–Kier alpha value is -2.28. The van der Waals surface area contributed by atoms with Crippen molar-refractivity contribution >= 4 is 62.9 Å². The Morgan fingerprint density at radius 2 is 1.86 bits per heavy atom. The lowest BCUT2D eigenvalue weighted by molar-refractivity contribution is -0.385. The van der Waals surface area contributed by atoms with Crippen molar-refractivity contribution in [3.05, 3.63) is 89.2 Å². The summed E-state index contributed by atoms with van der Waals surface area (Å²) in [5.41, 5.74) is 4.70. The fourth-order valence-electron chi connectivity index (χ4n) is 2.25. The molecule has 0 spiro atoms. The first-order valence-electron chi connectivity index (χ1n) is 8.08. The summed E-state index contributed by atoms with van der Waals surface area (Å²) in [5.74, 6) is 1.27. The predicted molar refractivity (Wildman–Crippen MR) is 125 cm³/mol. The minimum Gasteiger partial charge on any atom is -0.487 e. The molecule has 0 radical (unpaired) electrons. The lowest BCUT2D eigenvalue weighted by Gasteiger charge is -2.11. The Balaban J connectivity index is 1.64. The van der Waals surface area contributed by atoms with Gasteiger partial charge in [0, 0.05) is 6.07 Å². The van der Waals surface area contributed by atoms with E-state index in [4.69, 9.17) is 4.74 Å². The number of ether oxygens (including phenoxy) is 1. The highest BCUT2D eigenvalue weighted by atomic mass is 127. The molecule has 3 rings (SSSR count). The SMILES string of the molecule is O=[N+]([O-])c1ccc(NN=Cc2cc(I)c(OCc3ccccc3)c(I)c2)nc1. The van der Waals surface area contributed by atoms with Crippen molar-refractivity contribution in [2.75, 3.05) is 5.43 Å². The van der Waals surface area contributed by atoms with Gasteiger partial charge in [-0.3, -0.25) is 15.5 Å². The molecule has 0 atom stereocenters. The molecule has 0 aliphatic heterocycles. The highest BCUT2D eigenvalue weighted by molar-refractivity contribution is 14.1. The van der Waals surface area contributed by atoms with E-state index in [9.17, 15) is 10.1 Å². The van der Waals surface area contributed by atoms with Gasteiger partial charge in [0.2, 0.25) is 0 Å². The molecule has 3 aromatic rings. The fourth-order valence-corrected chi connectivity index (χ4v) is 4.38. The van der Waals surface area contributed by atoms with Crippen LogP contribution in [0.2, 0.25) is 0 Å². The molecule has 0 unspecified atom stereocenters. The number of hydrogen-bond acceptors (Lipinski definition) is 6. The zero-order chi connectivity index (χ0) is 19.9. The smallest absolute Gasteiger partial charge is 0.287 e. The molecule has 142 valence electrons. The van der Waals surface area contributed by atoms with E-state index in [0.717, 1.165) is 24.0 Å². The van der Waals surface area contributed by atoms with E-state index in [2.05, 4.69) is 60.7 Å². The van der Waals surface area contributed by atoms with Crippen molar-refractivity contribution < 1.29 is 9.66 Å². The van der Waals surface area contributed by atoms with Crippen molar-refractivity contribution in [1.82, 2.24) is 4.98 Å². The number of hydrazone groups is 1. The number of benzene rings is 2. The van der Waals surface area contributed by atoms with Gasteiger partial charge in [-0.1, -0.05) is 30.3 Å². The number of hydrogen-bond donors (Lipinski definition) is 1.